The number of rotatable bonds is 7. The largest absolute Gasteiger partial charge is 0.481 e. The Kier molecular flexibility index (Phi) is 7.19. The lowest BCUT2D eigenvalue weighted by molar-refractivity contribution is -0.142. The van der Waals surface area contributed by atoms with Crippen LogP contribution in [0.2, 0.25) is 18.1 Å². The molecule has 4 rings (SSSR count). The van der Waals surface area contributed by atoms with Gasteiger partial charge < -0.3 is 23.9 Å². The number of carbonyl (C=O) groups is 1. The first-order valence-electron chi connectivity index (χ1n) is 12.1. The third-order valence-electron chi connectivity index (χ3n) is 7.20. The smallest absolute Gasteiger partial charge is 0.306 e. The number of benzene rings is 1. The lowest BCUT2D eigenvalue weighted by Gasteiger charge is -2.35. The van der Waals surface area contributed by atoms with Gasteiger partial charge in [-0.1, -0.05) is 26.8 Å². The highest BCUT2D eigenvalue weighted by molar-refractivity contribution is 6.74. The number of nitrogens with zero attached hydrogens (tertiary/aromatic N) is 3. The number of aromatic nitrogens is 2. The Labute approximate surface area is 208 Å². The second-order valence-electron chi connectivity index (χ2n) is 10.6. The van der Waals surface area contributed by atoms with Gasteiger partial charge in [0, 0.05) is 18.7 Å². The van der Waals surface area contributed by atoms with Crippen LogP contribution in [0.4, 0.5) is 5.82 Å². The van der Waals surface area contributed by atoms with E-state index in [0.29, 0.717) is 44.0 Å². The molecule has 1 aromatic carbocycles. The molecule has 0 atom stereocenters. The molecule has 1 saturated heterocycles. The van der Waals surface area contributed by atoms with Crippen LogP contribution in [-0.2, 0) is 9.22 Å². The second kappa shape index (κ2) is 9.99. The van der Waals surface area contributed by atoms with Gasteiger partial charge in [-0.3, -0.25) is 9.78 Å². The summed E-state index contributed by atoms with van der Waals surface area (Å²) in [5.41, 5.74) is 2.37. The van der Waals surface area contributed by atoms with Crippen molar-refractivity contribution >= 4 is 26.2 Å². The lowest BCUT2D eigenvalue weighted by Crippen LogP contribution is -2.40. The van der Waals surface area contributed by atoms with Gasteiger partial charge >= 0.3 is 5.97 Å². The van der Waals surface area contributed by atoms with E-state index in [9.17, 15) is 9.90 Å². The van der Waals surface area contributed by atoms with Crippen molar-refractivity contribution in [2.45, 2.75) is 51.7 Å². The maximum Gasteiger partial charge on any atom is 0.306 e. The van der Waals surface area contributed by atoms with Gasteiger partial charge in [0.25, 0.3) is 0 Å². The van der Waals surface area contributed by atoms with E-state index in [-0.39, 0.29) is 17.7 Å². The lowest BCUT2D eigenvalue weighted by atomic mass is 9.97. The first-order valence-corrected chi connectivity index (χ1v) is 15.0. The molecule has 2 aromatic rings. The number of carboxylic acid groups (broad SMARTS) is 1. The summed E-state index contributed by atoms with van der Waals surface area (Å²) in [6, 6.07) is 5.75. The van der Waals surface area contributed by atoms with Crippen molar-refractivity contribution in [1.82, 2.24) is 9.97 Å². The van der Waals surface area contributed by atoms with Gasteiger partial charge in [0.1, 0.15) is 5.69 Å². The van der Waals surface area contributed by atoms with Crippen molar-refractivity contribution < 1.29 is 23.8 Å². The van der Waals surface area contributed by atoms with Crippen molar-refractivity contribution in [3.05, 3.63) is 36.2 Å². The molecule has 3 heterocycles. The molecule has 0 unspecified atom stereocenters. The van der Waals surface area contributed by atoms with E-state index in [0.717, 1.165) is 22.8 Å². The molecule has 9 heteroatoms. The maximum atomic E-state index is 11.4. The molecule has 0 radical (unpaired) electrons. The van der Waals surface area contributed by atoms with Crippen molar-refractivity contribution in [3.63, 3.8) is 0 Å². The summed E-state index contributed by atoms with van der Waals surface area (Å²) in [4.78, 5) is 23.3. The number of hydrogen-bond donors (Lipinski definition) is 1. The molecule has 0 saturated carbocycles. The van der Waals surface area contributed by atoms with Crippen LogP contribution in [0.15, 0.2) is 30.5 Å². The number of piperidine rings is 1. The van der Waals surface area contributed by atoms with Gasteiger partial charge in [-0.25, -0.2) is 4.98 Å². The molecule has 1 N–H and O–H groups in total. The van der Waals surface area contributed by atoms with Gasteiger partial charge in [-0.05, 0) is 55.2 Å². The van der Waals surface area contributed by atoms with E-state index in [1.54, 1.807) is 6.20 Å². The van der Waals surface area contributed by atoms with E-state index in [1.165, 1.54) is 0 Å². The molecule has 1 fully saturated rings. The second-order valence-corrected chi connectivity index (χ2v) is 15.4. The highest BCUT2D eigenvalue weighted by Gasteiger charge is 2.36. The van der Waals surface area contributed by atoms with Crippen molar-refractivity contribution in [3.8, 4) is 22.8 Å². The summed E-state index contributed by atoms with van der Waals surface area (Å²) in [5, 5.41) is 9.55. The summed E-state index contributed by atoms with van der Waals surface area (Å²) >= 11 is 0. The van der Waals surface area contributed by atoms with Crippen molar-refractivity contribution in [2.75, 3.05) is 31.4 Å². The Hall–Kier alpha value is -2.91. The zero-order chi connectivity index (χ0) is 25.2. The summed E-state index contributed by atoms with van der Waals surface area (Å²) in [7, 11) is -1.82. The Balaban J connectivity index is 1.58. The Morgan fingerprint density at radius 3 is 2.63 bits per heavy atom. The molecule has 0 aliphatic carbocycles. The summed E-state index contributed by atoms with van der Waals surface area (Å²) in [6.07, 6.45) is 6.86. The molecule has 2 aliphatic rings. The van der Waals surface area contributed by atoms with E-state index in [2.05, 4.69) is 38.8 Å². The van der Waals surface area contributed by atoms with Crippen LogP contribution in [-0.4, -0.2) is 55.9 Å². The van der Waals surface area contributed by atoms with Crippen molar-refractivity contribution in [1.29, 1.82) is 0 Å². The minimum Gasteiger partial charge on any atom is -0.481 e. The SMILES string of the molecule is CC(C)(C)[Si](C)(C)OCC=Cc1cnc(-c2ccc3c(c2)OCO3)c(N2CCC(C(=O)O)CC2)n1. The first kappa shape index (κ1) is 25.2. The monoisotopic (exact) mass is 497 g/mol. The quantitative estimate of drug-likeness (QED) is 0.521. The van der Waals surface area contributed by atoms with Crippen LogP contribution in [0, 0.1) is 5.92 Å². The molecule has 35 heavy (non-hydrogen) atoms. The molecular weight excluding hydrogens is 462 g/mol. The van der Waals surface area contributed by atoms with Crippen LogP contribution in [0.1, 0.15) is 39.3 Å². The zero-order valence-electron chi connectivity index (χ0n) is 21.2. The van der Waals surface area contributed by atoms with Crippen LogP contribution >= 0.6 is 0 Å². The van der Waals surface area contributed by atoms with E-state index in [4.69, 9.17) is 23.9 Å². The van der Waals surface area contributed by atoms with E-state index >= 15 is 0 Å². The van der Waals surface area contributed by atoms with Crippen molar-refractivity contribution in [2.24, 2.45) is 5.92 Å². The van der Waals surface area contributed by atoms with E-state index < -0.39 is 14.3 Å². The molecule has 2 aliphatic heterocycles. The number of ether oxygens (including phenoxy) is 2. The Morgan fingerprint density at radius 2 is 1.94 bits per heavy atom. The fourth-order valence-corrected chi connectivity index (χ4v) is 4.87. The summed E-state index contributed by atoms with van der Waals surface area (Å²) in [5.74, 6) is 1.10. The predicted molar refractivity (Wildman–Crippen MR) is 138 cm³/mol. The molecular formula is C26H35N3O5Si. The Morgan fingerprint density at radius 1 is 1.23 bits per heavy atom. The van der Waals surface area contributed by atoms with Gasteiger partial charge in [0.15, 0.2) is 25.6 Å². The summed E-state index contributed by atoms with van der Waals surface area (Å²) < 4.78 is 17.2. The topological polar surface area (TPSA) is 94.0 Å². The number of anilines is 1. The highest BCUT2D eigenvalue weighted by atomic mass is 28.4. The molecule has 188 valence electrons. The number of fused-ring (bicyclic) bond motifs is 1. The predicted octanol–water partition coefficient (Wildman–Crippen LogP) is 5.21. The van der Waals surface area contributed by atoms with Gasteiger partial charge in [-0.2, -0.15) is 0 Å². The molecule has 8 nitrogen and oxygen atoms in total. The highest BCUT2D eigenvalue weighted by Crippen LogP contribution is 2.39. The molecule has 0 spiro atoms. The average Bonchev–Trinajstić information content (AvgIpc) is 3.29. The fourth-order valence-electron chi connectivity index (χ4n) is 3.92. The average molecular weight is 498 g/mol. The third-order valence-corrected chi connectivity index (χ3v) is 11.7. The normalized spacial score (nSPS) is 16.8. The number of hydrogen-bond acceptors (Lipinski definition) is 7. The Bertz CT molecular complexity index is 1100. The van der Waals surface area contributed by atoms with Gasteiger partial charge in [-0.15, -0.1) is 0 Å². The number of aliphatic carboxylic acids is 1. The minimum absolute atomic E-state index is 0.155. The zero-order valence-corrected chi connectivity index (χ0v) is 22.2. The van der Waals surface area contributed by atoms with Crippen LogP contribution in [0.3, 0.4) is 0 Å². The fraction of sp³-hybridized carbons (Fsp3) is 0.500. The molecule has 1 aromatic heterocycles. The van der Waals surface area contributed by atoms with Crippen LogP contribution < -0.4 is 14.4 Å². The maximum absolute atomic E-state index is 11.4. The van der Waals surface area contributed by atoms with Gasteiger partial charge in [0.2, 0.25) is 6.79 Å². The van der Waals surface area contributed by atoms with Crippen LogP contribution in [0.25, 0.3) is 17.3 Å². The first-order chi connectivity index (χ1) is 16.5. The molecule has 0 bridgehead atoms. The standard InChI is InChI=1S/C26H35N3O5Si/c1-26(2,3)35(4,5)34-14-6-7-20-16-27-23(19-8-9-21-22(15-19)33-17-32-21)24(28-20)29-12-10-18(11-13-29)25(30)31/h6-9,15-16,18H,10-14,17H2,1-5H3,(H,30,31). The van der Waals surface area contributed by atoms with E-state index in [1.807, 2.05) is 30.4 Å². The summed E-state index contributed by atoms with van der Waals surface area (Å²) in [6.45, 7) is 13.1. The third kappa shape index (κ3) is 5.67. The molecule has 0 amide bonds. The minimum atomic E-state index is -1.82. The number of carboxylic acids is 1. The van der Waals surface area contributed by atoms with Gasteiger partial charge in [0.05, 0.1) is 24.4 Å². The van der Waals surface area contributed by atoms with Crippen LogP contribution in [0.5, 0.6) is 11.5 Å².